The zero-order valence-corrected chi connectivity index (χ0v) is 20.5. The van der Waals surface area contributed by atoms with E-state index in [1.54, 1.807) is 54.7 Å². The summed E-state index contributed by atoms with van der Waals surface area (Å²) in [4.78, 5) is 21.6. The summed E-state index contributed by atoms with van der Waals surface area (Å²) < 4.78 is 36.9. The number of nitrogens with zero attached hydrogens (tertiary/aromatic N) is 3. The van der Waals surface area contributed by atoms with Crippen LogP contribution in [0.3, 0.4) is 0 Å². The number of amides is 1. The molecule has 2 heterocycles. The zero-order valence-electron chi connectivity index (χ0n) is 18.9. The Balaban J connectivity index is 1.36. The van der Waals surface area contributed by atoms with E-state index in [0.717, 1.165) is 20.9 Å². The molecule has 1 fully saturated rings. The number of fused-ring (bicyclic) bond motifs is 1. The maximum Gasteiger partial charge on any atom is 0.223 e. The van der Waals surface area contributed by atoms with Crippen molar-refractivity contribution in [2.24, 2.45) is 0 Å². The Kier molecular flexibility index (Phi) is 6.76. The Morgan fingerprint density at radius 3 is 2.36 bits per heavy atom. The Hall–Kier alpha value is -2.85. The Morgan fingerprint density at radius 1 is 1.03 bits per heavy atom. The summed E-state index contributed by atoms with van der Waals surface area (Å²) in [6, 6.07) is 10.5. The van der Waals surface area contributed by atoms with Crippen LogP contribution >= 0.6 is 11.3 Å². The molecule has 1 aromatic heterocycles. The molecule has 0 bridgehead atoms. The highest BCUT2D eigenvalue weighted by Gasteiger charge is 2.25. The van der Waals surface area contributed by atoms with Crippen LogP contribution in [0.5, 0.6) is 11.5 Å². The molecule has 0 spiro atoms. The first kappa shape index (κ1) is 23.3. The number of carbonyl (C=O) groups is 1. The summed E-state index contributed by atoms with van der Waals surface area (Å²) in [6.07, 6.45) is -0.0195. The van der Waals surface area contributed by atoms with Gasteiger partial charge in [0.05, 0.1) is 29.6 Å². The molecule has 0 atom stereocenters. The Bertz CT molecular complexity index is 1250. The number of aryl methyl sites for hydroxylation is 1. The fourth-order valence-electron chi connectivity index (χ4n) is 3.82. The normalized spacial score (nSPS) is 14.5. The van der Waals surface area contributed by atoms with E-state index in [-0.39, 0.29) is 23.0 Å². The fraction of sp³-hybridized carbons (Fsp3) is 0.391. The standard InChI is InChI=1S/C23H27N3O5S2/c1-16-4-6-17(7-5-16)33(28,29)15-10-20(27)25-11-13-26(14-12-25)23-24-21-19(32-23)9-8-18(30-2)22(21)31-3/h4-9H,10-15H2,1-3H3. The van der Waals surface area contributed by atoms with E-state index in [1.165, 1.54) is 0 Å². The zero-order chi connectivity index (χ0) is 23.6. The molecule has 1 aliphatic rings. The number of benzene rings is 2. The van der Waals surface area contributed by atoms with Gasteiger partial charge in [-0.1, -0.05) is 29.0 Å². The summed E-state index contributed by atoms with van der Waals surface area (Å²) in [5, 5.41) is 0.866. The van der Waals surface area contributed by atoms with E-state index < -0.39 is 9.84 Å². The van der Waals surface area contributed by atoms with Gasteiger partial charge in [-0.3, -0.25) is 4.79 Å². The van der Waals surface area contributed by atoms with Gasteiger partial charge in [0.1, 0.15) is 5.52 Å². The second-order valence-electron chi connectivity index (χ2n) is 7.89. The molecule has 176 valence electrons. The number of piperazine rings is 1. The molecule has 0 saturated carbocycles. The number of anilines is 1. The minimum Gasteiger partial charge on any atom is -0.493 e. The van der Waals surface area contributed by atoms with Gasteiger partial charge >= 0.3 is 0 Å². The van der Waals surface area contributed by atoms with Gasteiger partial charge in [-0.05, 0) is 31.2 Å². The van der Waals surface area contributed by atoms with Crippen LogP contribution in [0.15, 0.2) is 41.3 Å². The number of aromatic nitrogens is 1. The molecular formula is C23H27N3O5S2. The Labute approximate surface area is 197 Å². The average Bonchev–Trinajstić information content (AvgIpc) is 3.26. The van der Waals surface area contributed by atoms with Gasteiger partial charge in [0.2, 0.25) is 5.91 Å². The van der Waals surface area contributed by atoms with Crippen molar-refractivity contribution in [3.8, 4) is 11.5 Å². The van der Waals surface area contributed by atoms with Gasteiger partial charge in [0, 0.05) is 32.6 Å². The third-order valence-electron chi connectivity index (χ3n) is 5.76. The first-order valence-corrected chi connectivity index (χ1v) is 13.1. The molecule has 8 nitrogen and oxygen atoms in total. The third kappa shape index (κ3) is 4.91. The summed E-state index contributed by atoms with van der Waals surface area (Å²) in [5.74, 6) is 0.925. The molecule has 1 saturated heterocycles. The molecule has 1 aliphatic heterocycles. The van der Waals surface area contributed by atoms with E-state index in [0.29, 0.717) is 37.7 Å². The van der Waals surface area contributed by atoms with Gasteiger partial charge < -0.3 is 19.3 Å². The number of ether oxygens (including phenoxy) is 2. The minimum atomic E-state index is -3.48. The van der Waals surface area contributed by atoms with E-state index in [4.69, 9.17) is 14.5 Å². The van der Waals surface area contributed by atoms with Crippen molar-refractivity contribution in [2.45, 2.75) is 18.2 Å². The monoisotopic (exact) mass is 489 g/mol. The lowest BCUT2D eigenvalue weighted by molar-refractivity contribution is -0.131. The number of thiazole rings is 1. The van der Waals surface area contributed by atoms with Crippen molar-refractivity contribution in [1.29, 1.82) is 0 Å². The van der Waals surface area contributed by atoms with Crippen LogP contribution in [0.1, 0.15) is 12.0 Å². The van der Waals surface area contributed by atoms with Crippen LogP contribution in [-0.2, 0) is 14.6 Å². The maximum atomic E-state index is 12.7. The topological polar surface area (TPSA) is 89.0 Å². The highest BCUT2D eigenvalue weighted by molar-refractivity contribution is 7.91. The van der Waals surface area contributed by atoms with Crippen LogP contribution in [-0.4, -0.2) is 70.4 Å². The molecule has 3 aromatic rings. The van der Waals surface area contributed by atoms with Gasteiger partial charge in [-0.25, -0.2) is 13.4 Å². The van der Waals surface area contributed by atoms with Crippen LogP contribution in [0.25, 0.3) is 10.2 Å². The van der Waals surface area contributed by atoms with Crippen molar-refractivity contribution in [1.82, 2.24) is 9.88 Å². The molecule has 2 aromatic carbocycles. The summed E-state index contributed by atoms with van der Waals surface area (Å²) in [5.41, 5.74) is 1.75. The quantitative estimate of drug-likeness (QED) is 0.504. The highest BCUT2D eigenvalue weighted by atomic mass is 32.2. The molecule has 0 radical (unpaired) electrons. The molecule has 0 N–H and O–H groups in total. The predicted molar refractivity (Wildman–Crippen MR) is 129 cm³/mol. The van der Waals surface area contributed by atoms with Gasteiger partial charge in [0.25, 0.3) is 0 Å². The first-order chi connectivity index (χ1) is 15.8. The van der Waals surface area contributed by atoms with Crippen molar-refractivity contribution in [3.05, 3.63) is 42.0 Å². The van der Waals surface area contributed by atoms with Crippen molar-refractivity contribution >= 4 is 42.4 Å². The van der Waals surface area contributed by atoms with Gasteiger partial charge in [-0.15, -0.1) is 0 Å². The summed E-state index contributed by atoms with van der Waals surface area (Å²) in [7, 11) is -0.287. The van der Waals surface area contributed by atoms with Crippen molar-refractivity contribution < 1.29 is 22.7 Å². The lowest BCUT2D eigenvalue weighted by Crippen LogP contribution is -2.49. The third-order valence-corrected chi connectivity index (χ3v) is 8.57. The van der Waals surface area contributed by atoms with E-state index >= 15 is 0 Å². The number of sulfone groups is 1. The summed E-state index contributed by atoms with van der Waals surface area (Å²) >= 11 is 1.57. The van der Waals surface area contributed by atoms with Crippen LogP contribution in [0, 0.1) is 6.92 Å². The van der Waals surface area contributed by atoms with Crippen molar-refractivity contribution in [3.63, 3.8) is 0 Å². The molecule has 4 rings (SSSR count). The molecule has 0 aliphatic carbocycles. The fourth-order valence-corrected chi connectivity index (χ4v) is 6.07. The van der Waals surface area contributed by atoms with Crippen LogP contribution in [0.2, 0.25) is 0 Å². The largest absolute Gasteiger partial charge is 0.493 e. The SMILES string of the molecule is COc1ccc2sc(N3CCN(C(=O)CCS(=O)(=O)c4ccc(C)cc4)CC3)nc2c1OC. The molecule has 10 heteroatoms. The van der Waals surface area contributed by atoms with E-state index in [9.17, 15) is 13.2 Å². The van der Waals surface area contributed by atoms with E-state index in [1.807, 2.05) is 19.1 Å². The molecule has 33 heavy (non-hydrogen) atoms. The minimum absolute atomic E-state index is 0.0195. The van der Waals surface area contributed by atoms with Crippen molar-refractivity contribution in [2.75, 3.05) is 51.1 Å². The van der Waals surface area contributed by atoms with Crippen LogP contribution < -0.4 is 14.4 Å². The molecule has 1 amide bonds. The first-order valence-electron chi connectivity index (χ1n) is 10.7. The number of carbonyl (C=O) groups excluding carboxylic acids is 1. The Morgan fingerprint density at radius 2 is 1.73 bits per heavy atom. The number of hydrogen-bond donors (Lipinski definition) is 0. The van der Waals surface area contributed by atoms with Crippen LogP contribution in [0.4, 0.5) is 5.13 Å². The number of hydrogen-bond acceptors (Lipinski definition) is 8. The van der Waals surface area contributed by atoms with E-state index in [2.05, 4.69) is 4.90 Å². The highest BCUT2D eigenvalue weighted by Crippen LogP contribution is 2.40. The summed E-state index contributed by atoms with van der Waals surface area (Å²) in [6.45, 7) is 4.23. The lowest BCUT2D eigenvalue weighted by Gasteiger charge is -2.34. The molecular weight excluding hydrogens is 462 g/mol. The predicted octanol–water partition coefficient (Wildman–Crippen LogP) is 3.13. The number of rotatable bonds is 7. The maximum absolute atomic E-state index is 12.7. The second-order valence-corrected chi connectivity index (χ2v) is 11.0. The lowest BCUT2D eigenvalue weighted by atomic mass is 10.2. The number of methoxy groups -OCH3 is 2. The smallest absolute Gasteiger partial charge is 0.223 e. The molecule has 0 unspecified atom stereocenters. The average molecular weight is 490 g/mol. The van der Waals surface area contributed by atoms with Gasteiger partial charge in [-0.2, -0.15) is 0 Å². The van der Waals surface area contributed by atoms with Gasteiger partial charge in [0.15, 0.2) is 26.5 Å². The second kappa shape index (κ2) is 9.56.